The lowest BCUT2D eigenvalue weighted by Gasteiger charge is -2.14. The maximum Gasteiger partial charge on any atom is 0.418 e. The Morgan fingerprint density at radius 1 is 1.17 bits per heavy atom. The molecule has 29 heavy (non-hydrogen) atoms. The van der Waals surface area contributed by atoms with Crippen LogP contribution in [0.3, 0.4) is 0 Å². The molecule has 3 rings (SSSR count). The van der Waals surface area contributed by atoms with Crippen molar-refractivity contribution in [3.05, 3.63) is 58.9 Å². The van der Waals surface area contributed by atoms with Crippen LogP contribution in [-0.4, -0.2) is 26.5 Å². The Bertz CT molecular complexity index is 1040. The quantitative estimate of drug-likeness (QED) is 0.349. The number of anilines is 1. The fraction of sp³-hybridized carbons (Fsp3) is 0.118. The Kier molecular flexibility index (Phi) is 5.99. The molecule has 1 heterocycles. The van der Waals surface area contributed by atoms with Gasteiger partial charge in [0.15, 0.2) is 5.82 Å². The Hall–Kier alpha value is -2.79. The minimum Gasteiger partial charge on any atom is -0.335 e. The number of hydrogen-bond donors (Lipinski definition) is 2. The molecular formula is C17H12ClF4N5OS. The Labute approximate surface area is 171 Å². The second-order valence-corrected chi connectivity index (χ2v) is 7.09. The third kappa shape index (κ3) is 4.98. The number of amides is 1. The molecule has 0 saturated heterocycles. The number of nitrogens with two attached hydrogens (primary N) is 1. The van der Waals surface area contributed by atoms with Crippen molar-refractivity contribution >= 4 is 35.0 Å². The highest BCUT2D eigenvalue weighted by Gasteiger charge is 2.34. The number of carbonyl (C=O) groups excluding carboxylic acids is 1. The molecule has 0 spiro atoms. The van der Waals surface area contributed by atoms with Crippen molar-refractivity contribution in [2.45, 2.75) is 11.3 Å². The molecule has 0 aliphatic heterocycles. The lowest BCUT2D eigenvalue weighted by molar-refractivity contribution is -0.137. The van der Waals surface area contributed by atoms with E-state index in [2.05, 4.69) is 15.5 Å². The van der Waals surface area contributed by atoms with Crippen LogP contribution >= 0.6 is 23.4 Å². The van der Waals surface area contributed by atoms with E-state index in [0.717, 1.165) is 28.6 Å². The minimum absolute atomic E-state index is 0.103. The normalized spacial score (nSPS) is 11.5. The van der Waals surface area contributed by atoms with Gasteiger partial charge in [-0.1, -0.05) is 23.4 Å². The van der Waals surface area contributed by atoms with Crippen LogP contribution in [0.5, 0.6) is 0 Å². The number of thioether (sulfide) groups is 1. The van der Waals surface area contributed by atoms with Crippen molar-refractivity contribution in [2.75, 3.05) is 16.9 Å². The Morgan fingerprint density at radius 3 is 2.52 bits per heavy atom. The Balaban J connectivity index is 1.69. The number of rotatable bonds is 5. The molecule has 0 bridgehead atoms. The van der Waals surface area contributed by atoms with Crippen LogP contribution in [-0.2, 0) is 11.0 Å². The second kappa shape index (κ2) is 8.29. The Morgan fingerprint density at radius 2 is 1.86 bits per heavy atom. The van der Waals surface area contributed by atoms with Gasteiger partial charge in [-0.05, 0) is 42.5 Å². The molecule has 2 aromatic carbocycles. The summed E-state index contributed by atoms with van der Waals surface area (Å²) in [6.45, 7) is 0. The summed E-state index contributed by atoms with van der Waals surface area (Å²) in [5.41, 5.74) is -0.952. The first kappa shape index (κ1) is 20.9. The van der Waals surface area contributed by atoms with Crippen molar-refractivity contribution in [1.29, 1.82) is 0 Å². The molecule has 3 N–H and O–H groups in total. The van der Waals surface area contributed by atoms with E-state index in [1.54, 1.807) is 0 Å². The van der Waals surface area contributed by atoms with E-state index in [9.17, 15) is 22.4 Å². The maximum atomic E-state index is 13.1. The maximum absolute atomic E-state index is 13.1. The molecule has 0 fully saturated rings. The zero-order chi connectivity index (χ0) is 21.2. The van der Waals surface area contributed by atoms with Gasteiger partial charge in [0, 0.05) is 10.6 Å². The van der Waals surface area contributed by atoms with E-state index in [1.807, 2.05) is 0 Å². The molecule has 3 aromatic rings. The van der Waals surface area contributed by atoms with E-state index in [-0.39, 0.29) is 21.8 Å². The SMILES string of the molecule is Nn1c(SCC(=O)Nc2ccc(Cl)cc2C(F)(F)F)nnc1-c1ccc(F)cc1. The van der Waals surface area contributed by atoms with Gasteiger partial charge in [-0.15, -0.1) is 10.2 Å². The fourth-order valence-electron chi connectivity index (χ4n) is 2.35. The first-order valence-electron chi connectivity index (χ1n) is 7.91. The van der Waals surface area contributed by atoms with Gasteiger partial charge in [0.05, 0.1) is 17.0 Å². The largest absolute Gasteiger partial charge is 0.418 e. The average Bonchev–Trinajstić information content (AvgIpc) is 3.02. The van der Waals surface area contributed by atoms with Crippen LogP contribution in [0, 0.1) is 5.82 Å². The molecule has 152 valence electrons. The van der Waals surface area contributed by atoms with Crippen molar-refractivity contribution in [2.24, 2.45) is 0 Å². The van der Waals surface area contributed by atoms with Gasteiger partial charge >= 0.3 is 6.18 Å². The summed E-state index contributed by atoms with van der Waals surface area (Å²) in [6.07, 6.45) is -4.68. The molecule has 6 nitrogen and oxygen atoms in total. The first-order chi connectivity index (χ1) is 13.6. The standard InChI is InChI=1S/C17H12ClF4N5OS/c18-10-3-6-13(12(7-10)17(20,21)22)24-14(28)8-29-16-26-25-15(27(16)23)9-1-4-11(19)5-2-9/h1-7H,8,23H2,(H,24,28). The van der Waals surface area contributed by atoms with Crippen molar-refractivity contribution in [3.8, 4) is 11.4 Å². The number of alkyl halides is 3. The predicted octanol–water partition coefficient (Wildman–Crippen LogP) is 4.20. The third-order valence-electron chi connectivity index (χ3n) is 3.66. The molecule has 1 amide bonds. The lowest BCUT2D eigenvalue weighted by atomic mass is 10.1. The number of hydrogen-bond acceptors (Lipinski definition) is 5. The van der Waals surface area contributed by atoms with Gasteiger partial charge in [-0.2, -0.15) is 13.2 Å². The molecule has 0 saturated carbocycles. The number of nitrogen functional groups attached to an aromatic ring is 1. The van der Waals surface area contributed by atoms with Gasteiger partial charge in [0.2, 0.25) is 11.1 Å². The van der Waals surface area contributed by atoms with Crippen LogP contribution in [0.4, 0.5) is 23.2 Å². The molecule has 0 radical (unpaired) electrons. The number of nitrogens with zero attached hydrogens (tertiary/aromatic N) is 3. The van der Waals surface area contributed by atoms with Crippen molar-refractivity contribution < 1.29 is 22.4 Å². The van der Waals surface area contributed by atoms with Crippen LogP contribution < -0.4 is 11.2 Å². The van der Waals surface area contributed by atoms with Gasteiger partial charge in [0.25, 0.3) is 0 Å². The number of carbonyl (C=O) groups is 1. The highest BCUT2D eigenvalue weighted by molar-refractivity contribution is 7.99. The van der Waals surface area contributed by atoms with Crippen LogP contribution in [0.25, 0.3) is 11.4 Å². The van der Waals surface area contributed by atoms with Crippen molar-refractivity contribution in [3.63, 3.8) is 0 Å². The molecular weight excluding hydrogens is 434 g/mol. The monoisotopic (exact) mass is 445 g/mol. The van der Waals surface area contributed by atoms with E-state index in [0.29, 0.717) is 5.56 Å². The summed E-state index contributed by atoms with van der Waals surface area (Å²) >= 11 is 6.49. The molecule has 0 aliphatic carbocycles. The zero-order valence-electron chi connectivity index (χ0n) is 14.4. The number of halogens is 5. The summed E-state index contributed by atoms with van der Waals surface area (Å²) in [7, 11) is 0. The number of nitrogens with one attached hydrogen (secondary N) is 1. The fourth-order valence-corrected chi connectivity index (χ4v) is 3.18. The number of benzene rings is 2. The summed E-state index contributed by atoms with van der Waals surface area (Å²) in [5, 5.41) is 9.98. The molecule has 0 unspecified atom stereocenters. The van der Waals surface area contributed by atoms with Gasteiger partial charge in [-0.25, -0.2) is 9.07 Å². The van der Waals surface area contributed by atoms with E-state index >= 15 is 0 Å². The highest BCUT2D eigenvalue weighted by Crippen LogP contribution is 2.36. The molecule has 12 heteroatoms. The second-order valence-electron chi connectivity index (χ2n) is 5.71. The predicted molar refractivity (Wildman–Crippen MR) is 101 cm³/mol. The summed E-state index contributed by atoms with van der Waals surface area (Å²) in [5.74, 6) is 4.74. The minimum atomic E-state index is -4.68. The van der Waals surface area contributed by atoms with Crippen LogP contribution in [0.2, 0.25) is 5.02 Å². The zero-order valence-corrected chi connectivity index (χ0v) is 15.9. The topological polar surface area (TPSA) is 85.8 Å². The van der Waals surface area contributed by atoms with Gasteiger partial charge in [-0.3, -0.25) is 4.79 Å². The van der Waals surface area contributed by atoms with Crippen LogP contribution in [0.15, 0.2) is 47.6 Å². The van der Waals surface area contributed by atoms with E-state index in [1.165, 1.54) is 30.3 Å². The van der Waals surface area contributed by atoms with Crippen LogP contribution in [0.1, 0.15) is 5.56 Å². The highest BCUT2D eigenvalue weighted by atomic mass is 35.5. The summed E-state index contributed by atoms with van der Waals surface area (Å²) < 4.78 is 53.4. The summed E-state index contributed by atoms with van der Waals surface area (Å²) in [6, 6.07) is 8.43. The van der Waals surface area contributed by atoms with Gasteiger partial charge in [0.1, 0.15) is 5.82 Å². The van der Waals surface area contributed by atoms with Gasteiger partial charge < -0.3 is 11.2 Å². The third-order valence-corrected chi connectivity index (χ3v) is 4.84. The van der Waals surface area contributed by atoms with E-state index < -0.39 is 29.2 Å². The molecule has 1 aromatic heterocycles. The average molecular weight is 446 g/mol. The summed E-state index contributed by atoms with van der Waals surface area (Å²) in [4.78, 5) is 12.1. The lowest BCUT2D eigenvalue weighted by Crippen LogP contribution is -2.19. The van der Waals surface area contributed by atoms with E-state index in [4.69, 9.17) is 17.4 Å². The number of aromatic nitrogens is 3. The molecule has 0 aliphatic rings. The smallest absolute Gasteiger partial charge is 0.335 e. The van der Waals surface area contributed by atoms with Crippen molar-refractivity contribution in [1.82, 2.24) is 14.9 Å². The molecule has 0 atom stereocenters. The first-order valence-corrected chi connectivity index (χ1v) is 9.27.